The molecule has 1 aliphatic rings. The number of carbonyl (C=O) groups excluding carboxylic acids is 1. The van der Waals surface area contributed by atoms with Crippen molar-refractivity contribution in [3.8, 4) is 11.1 Å². The number of ketones is 1. The molecule has 4 rings (SSSR count). The first-order valence-electron chi connectivity index (χ1n) is 14.9. The van der Waals surface area contributed by atoms with Gasteiger partial charge in [-0.2, -0.15) is 26.3 Å². The van der Waals surface area contributed by atoms with E-state index in [1.165, 1.54) is 32.2 Å². The molecule has 0 spiro atoms. The normalized spacial score (nSPS) is 16.1. The van der Waals surface area contributed by atoms with Gasteiger partial charge in [-0.15, -0.1) is 0 Å². The van der Waals surface area contributed by atoms with E-state index in [4.69, 9.17) is 0 Å². The summed E-state index contributed by atoms with van der Waals surface area (Å²) in [6, 6.07) is 7.04. The first-order valence-corrected chi connectivity index (χ1v) is 14.9. The zero-order valence-electron chi connectivity index (χ0n) is 26.5. The summed E-state index contributed by atoms with van der Waals surface area (Å²) >= 11 is 0. The Morgan fingerprint density at radius 3 is 2.00 bits per heavy atom. The maximum Gasteiger partial charge on any atom is 0.416 e. The van der Waals surface area contributed by atoms with Gasteiger partial charge in [0.2, 0.25) is 0 Å². The molecule has 252 valence electrons. The van der Waals surface area contributed by atoms with Crippen molar-refractivity contribution in [3.63, 3.8) is 0 Å². The molecule has 1 heterocycles. The second-order valence-corrected chi connectivity index (χ2v) is 13.0. The molecule has 1 aromatic heterocycles. The molecule has 0 saturated carbocycles. The number of pyridine rings is 1. The number of allylic oxidation sites excluding steroid dienone is 2. The standard InChI is InChI=1S/C35H35F7N2O3/c1-19-12-25(36)10-11-26(19)27-16-28(20-6-8-21(9-7-20)33(4,5)31(46)47)43-17-29(27)44-18-30(45)32(2,3)22-13-23(34(37,38)39)15-24(14-22)35(40,41)42/h6,10-17,21,44H,7-9,18H2,1-5H3,(H,46,47). The number of carbonyl (C=O) groups is 2. The maximum atomic E-state index is 14.0. The quantitative estimate of drug-likeness (QED) is 0.223. The van der Waals surface area contributed by atoms with E-state index in [9.17, 15) is 45.4 Å². The Morgan fingerprint density at radius 1 is 0.894 bits per heavy atom. The lowest BCUT2D eigenvalue weighted by atomic mass is 9.71. The first kappa shape index (κ1) is 35.6. The molecular weight excluding hydrogens is 629 g/mol. The van der Waals surface area contributed by atoms with Gasteiger partial charge in [-0.1, -0.05) is 12.1 Å². The van der Waals surface area contributed by atoms with Crippen molar-refractivity contribution < 1.29 is 45.4 Å². The van der Waals surface area contributed by atoms with E-state index in [0.29, 0.717) is 59.5 Å². The van der Waals surface area contributed by atoms with Gasteiger partial charge in [0.1, 0.15) is 5.82 Å². The van der Waals surface area contributed by atoms with Crippen molar-refractivity contribution in [3.05, 3.63) is 88.5 Å². The van der Waals surface area contributed by atoms with Crippen LogP contribution >= 0.6 is 0 Å². The van der Waals surface area contributed by atoms with Crippen LogP contribution in [0.15, 0.2) is 54.7 Å². The third kappa shape index (κ3) is 7.68. The van der Waals surface area contributed by atoms with Crippen molar-refractivity contribution in [2.75, 3.05) is 11.9 Å². The lowest BCUT2D eigenvalue weighted by Gasteiger charge is -2.32. The van der Waals surface area contributed by atoms with Gasteiger partial charge in [-0.25, -0.2) is 4.39 Å². The van der Waals surface area contributed by atoms with E-state index < -0.39 is 64.0 Å². The number of carboxylic acid groups (broad SMARTS) is 1. The van der Waals surface area contributed by atoms with Gasteiger partial charge in [-0.05, 0) is 118 Å². The van der Waals surface area contributed by atoms with E-state index >= 15 is 0 Å². The second-order valence-electron chi connectivity index (χ2n) is 13.0. The Labute approximate surface area is 267 Å². The molecular formula is C35H35F7N2O3. The molecule has 0 fully saturated rings. The van der Waals surface area contributed by atoms with Crippen molar-refractivity contribution in [1.82, 2.24) is 4.98 Å². The molecule has 0 radical (unpaired) electrons. The van der Waals surface area contributed by atoms with E-state index in [1.807, 2.05) is 6.08 Å². The van der Waals surface area contributed by atoms with Crippen LogP contribution in [0.1, 0.15) is 74.9 Å². The Hall–Kier alpha value is -4.22. The summed E-state index contributed by atoms with van der Waals surface area (Å²) in [5.41, 5.74) is -2.58. The molecule has 1 atom stereocenters. The smallest absolute Gasteiger partial charge is 0.416 e. The van der Waals surface area contributed by atoms with Crippen LogP contribution in [0.3, 0.4) is 0 Å². The molecule has 0 saturated heterocycles. The summed E-state index contributed by atoms with van der Waals surface area (Å²) in [7, 11) is 0. The molecule has 47 heavy (non-hydrogen) atoms. The number of nitrogens with one attached hydrogen (secondary N) is 1. The molecule has 2 N–H and O–H groups in total. The summed E-state index contributed by atoms with van der Waals surface area (Å²) in [5.74, 6) is -2.11. The molecule has 5 nitrogen and oxygen atoms in total. The van der Waals surface area contributed by atoms with Crippen LogP contribution in [-0.4, -0.2) is 28.4 Å². The van der Waals surface area contributed by atoms with Crippen LogP contribution in [0.5, 0.6) is 0 Å². The highest BCUT2D eigenvalue weighted by Gasteiger charge is 2.40. The average molecular weight is 665 g/mol. The maximum absolute atomic E-state index is 14.0. The lowest BCUT2D eigenvalue weighted by Crippen LogP contribution is -2.35. The third-order valence-electron chi connectivity index (χ3n) is 9.14. The van der Waals surface area contributed by atoms with Gasteiger partial charge in [0.25, 0.3) is 0 Å². The van der Waals surface area contributed by atoms with Crippen molar-refractivity contribution in [1.29, 1.82) is 0 Å². The highest BCUT2D eigenvalue weighted by molar-refractivity contribution is 5.94. The number of alkyl halides is 6. The van der Waals surface area contributed by atoms with Gasteiger partial charge in [-0.3, -0.25) is 14.6 Å². The van der Waals surface area contributed by atoms with Gasteiger partial charge in [0.05, 0.1) is 46.1 Å². The fourth-order valence-corrected chi connectivity index (χ4v) is 5.69. The van der Waals surface area contributed by atoms with Crippen LogP contribution in [0, 0.1) is 24.1 Å². The fourth-order valence-electron chi connectivity index (χ4n) is 5.69. The molecule has 0 amide bonds. The average Bonchev–Trinajstić information content (AvgIpc) is 2.98. The minimum Gasteiger partial charge on any atom is -0.481 e. The zero-order chi connectivity index (χ0) is 35.1. The van der Waals surface area contributed by atoms with Crippen molar-refractivity contribution in [2.45, 2.75) is 71.6 Å². The number of hydrogen-bond acceptors (Lipinski definition) is 4. The van der Waals surface area contributed by atoms with E-state index in [-0.39, 0.29) is 12.0 Å². The van der Waals surface area contributed by atoms with Gasteiger partial charge >= 0.3 is 18.3 Å². The number of aryl methyl sites for hydroxylation is 1. The monoisotopic (exact) mass is 664 g/mol. The number of Topliss-reactive ketones (excluding diaryl/α,β-unsaturated/α-hetero) is 1. The Kier molecular flexibility index (Phi) is 9.68. The summed E-state index contributed by atoms with van der Waals surface area (Å²) in [4.78, 5) is 29.7. The predicted octanol–water partition coefficient (Wildman–Crippen LogP) is 9.49. The second kappa shape index (κ2) is 12.8. The van der Waals surface area contributed by atoms with Crippen LogP contribution in [-0.2, 0) is 27.4 Å². The van der Waals surface area contributed by atoms with Gasteiger partial charge in [0, 0.05) is 5.56 Å². The number of anilines is 1. The number of aliphatic carboxylic acids is 1. The number of nitrogens with zero attached hydrogens (tertiary/aromatic N) is 1. The van der Waals surface area contributed by atoms with Gasteiger partial charge in [0.15, 0.2) is 5.78 Å². The SMILES string of the molecule is Cc1cc(F)ccc1-c1cc(C2=CCC(C(C)(C)C(=O)O)CC2)ncc1NCC(=O)C(C)(C)c1cc(C(F)(F)F)cc(C(F)(F)F)c1. The van der Waals surface area contributed by atoms with E-state index in [0.717, 1.165) is 5.57 Å². The minimum atomic E-state index is -5.07. The molecule has 1 unspecified atom stereocenters. The molecule has 12 heteroatoms. The van der Waals surface area contributed by atoms with Crippen LogP contribution in [0.2, 0.25) is 0 Å². The van der Waals surface area contributed by atoms with E-state index in [1.54, 1.807) is 32.9 Å². The Bertz CT molecular complexity index is 1690. The minimum absolute atomic E-state index is 0.0156. The van der Waals surface area contributed by atoms with Gasteiger partial charge < -0.3 is 10.4 Å². The largest absolute Gasteiger partial charge is 0.481 e. The molecule has 3 aromatic rings. The molecule has 2 aromatic carbocycles. The van der Waals surface area contributed by atoms with Crippen molar-refractivity contribution >= 4 is 23.0 Å². The first-order chi connectivity index (χ1) is 21.6. The van der Waals surface area contributed by atoms with Crippen LogP contribution in [0.25, 0.3) is 16.7 Å². The Balaban J connectivity index is 1.67. The molecule has 1 aliphatic carbocycles. The van der Waals surface area contributed by atoms with Crippen molar-refractivity contribution in [2.24, 2.45) is 11.3 Å². The number of hydrogen-bond donors (Lipinski definition) is 2. The van der Waals surface area contributed by atoms with Crippen LogP contribution in [0.4, 0.5) is 36.4 Å². The van der Waals surface area contributed by atoms with E-state index in [2.05, 4.69) is 10.3 Å². The van der Waals surface area contributed by atoms with Crippen LogP contribution < -0.4 is 5.32 Å². The predicted molar refractivity (Wildman–Crippen MR) is 164 cm³/mol. The number of aromatic nitrogens is 1. The third-order valence-corrected chi connectivity index (χ3v) is 9.14. The summed E-state index contributed by atoms with van der Waals surface area (Å²) in [5, 5.41) is 12.6. The fraction of sp³-hybridized carbons (Fsp3) is 0.400. The highest BCUT2D eigenvalue weighted by Crippen LogP contribution is 2.42. The number of carboxylic acids is 1. The number of benzene rings is 2. The Morgan fingerprint density at radius 2 is 1.49 bits per heavy atom. The lowest BCUT2D eigenvalue weighted by molar-refractivity contribution is -0.150. The molecule has 0 bridgehead atoms. The highest BCUT2D eigenvalue weighted by atomic mass is 19.4. The topological polar surface area (TPSA) is 79.3 Å². The summed E-state index contributed by atoms with van der Waals surface area (Å²) in [6.07, 6.45) is -5.01. The number of rotatable bonds is 9. The zero-order valence-corrected chi connectivity index (χ0v) is 26.5. The summed E-state index contributed by atoms with van der Waals surface area (Å²) < 4.78 is 95.0. The molecule has 0 aliphatic heterocycles. The summed E-state index contributed by atoms with van der Waals surface area (Å²) in [6.45, 7) is 7.13. The number of halogens is 7.